The summed E-state index contributed by atoms with van der Waals surface area (Å²) in [5, 5.41) is 47.9. The predicted octanol–water partition coefficient (Wildman–Crippen LogP) is 4.42. The van der Waals surface area contributed by atoms with Crippen LogP contribution in [0.15, 0.2) is 40.6 Å². The number of aromatic hydroxyl groups is 3. The molecule has 0 aliphatic carbocycles. The lowest BCUT2D eigenvalue weighted by Crippen LogP contribution is -2.10. The van der Waals surface area contributed by atoms with E-state index in [0.717, 1.165) is 6.07 Å². The molecular formula is C16H17N3O5. The summed E-state index contributed by atoms with van der Waals surface area (Å²) in [4.78, 5) is 10.00. The van der Waals surface area contributed by atoms with Crippen LogP contribution < -0.4 is 0 Å². The van der Waals surface area contributed by atoms with Gasteiger partial charge in [-0.2, -0.15) is 0 Å². The Labute approximate surface area is 137 Å². The van der Waals surface area contributed by atoms with Crippen molar-refractivity contribution in [3.63, 3.8) is 0 Å². The first-order valence-electron chi connectivity index (χ1n) is 7.05. The molecule has 8 nitrogen and oxygen atoms in total. The summed E-state index contributed by atoms with van der Waals surface area (Å²) in [6.07, 6.45) is 0. The van der Waals surface area contributed by atoms with Crippen molar-refractivity contribution in [2.45, 2.75) is 26.2 Å². The van der Waals surface area contributed by atoms with Gasteiger partial charge in [-0.25, -0.2) is 0 Å². The van der Waals surface area contributed by atoms with Gasteiger partial charge in [0.15, 0.2) is 0 Å². The lowest BCUT2D eigenvalue weighted by atomic mass is 9.86. The highest BCUT2D eigenvalue weighted by Crippen LogP contribution is 2.40. The quantitative estimate of drug-likeness (QED) is 0.435. The van der Waals surface area contributed by atoms with Crippen LogP contribution >= 0.6 is 0 Å². The number of hydrogen-bond acceptors (Lipinski definition) is 7. The van der Waals surface area contributed by atoms with E-state index in [0.29, 0.717) is 5.56 Å². The number of rotatable bonds is 3. The van der Waals surface area contributed by atoms with Crippen molar-refractivity contribution < 1.29 is 20.2 Å². The fourth-order valence-electron chi connectivity index (χ4n) is 2.06. The molecule has 8 heteroatoms. The van der Waals surface area contributed by atoms with Crippen LogP contribution in [0.4, 0.5) is 17.1 Å². The maximum Gasteiger partial charge on any atom is 0.273 e. The van der Waals surface area contributed by atoms with Crippen LogP contribution in [0.5, 0.6) is 17.2 Å². The third-order valence-electron chi connectivity index (χ3n) is 3.34. The predicted molar refractivity (Wildman–Crippen MR) is 87.4 cm³/mol. The van der Waals surface area contributed by atoms with Crippen molar-refractivity contribution in [3.8, 4) is 17.2 Å². The minimum Gasteiger partial charge on any atom is -0.508 e. The Kier molecular flexibility index (Phi) is 4.41. The van der Waals surface area contributed by atoms with Gasteiger partial charge in [0, 0.05) is 17.7 Å². The lowest BCUT2D eigenvalue weighted by molar-refractivity contribution is -0.384. The number of hydrogen-bond donors (Lipinski definition) is 3. The first-order valence-corrected chi connectivity index (χ1v) is 7.05. The molecule has 24 heavy (non-hydrogen) atoms. The summed E-state index contributed by atoms with van der Waals surface area (Å²) in [7, 11) is 0. The molecule has 0 saturated carbocycles. The number of nitrogens with zero attached hydrogens (tertiary/aromatic N) is 3. The van der Waals surface area contributed by atoms with Gasteiger partial charge in [-0.1, -0.05) is 20.8 Å². The summed E-state index contributed by atoms with van der Waals surface area (Å²) in [6.45, 7) is 5.67. The molecule has 0 saturated heterocycles. The smallest absolute Gasteiger partial charge is 0.273 e. The zero-order valence-corrected chi connectivity index (χ0v) is 13.4. The van der Waals surface area contributed by atoms with E-state index in [9.17, 15) is 25.4 Å². The number of nitro benzene ring substituents is 1. The SMILES string of the molecule is CC(C)(C)c1cc(N=Nc2ccc([N+](=O)[O-])cc2O)c(O)cc1O. The van der Waals surface area contributed by atoms with Crippen LogP contribution in [0.2, 0.25) is 0 Å². The molecule has 0 atom stereocenters. The van der Waals surface area contributed by atoms with Gasteiger partial charge < -0.3 is 15.3 Å². The Hall–Kier alpha value is -3.16. The summed E-state index contributed by atoms with van der Waals surface area (Å²) >= 11 is 0. The third kappa shape index (κ3) is 3.60. The van der Waals surface area contributed by atoms with Crippen molar-refractivity contribution in [2.75, 3.05) is 0 Å². The van der Waals surface area contributed by atoms with Gasteiger partial charge >= 0.3 is 0 Å². The highest BCUT2D eigenvalue weighted by Gasteiger charge is 2.20. The van der Waals surface area contributed by atoms with E-state index in [4.69, 9.17) is 0 Å². The van der Waals surface area contributed by atoms with Crippen LogP contribution in [0.25, 0.3) is 0 Å². The minimum atomic E-state index is -0.637. The van der Waals surface area contributed by atoms with E-state index in [2.05, 4.69) is 10.2 Å². The summed E-state index contributed by atoms with van der Waals surface area (Å²) in [5.74, 6) is -0.731. The van der Waals surface area contributed by atoms with E-state index in [1.807, 2.05) is 20.8 Å². The van der Waals surface area contributed by atoms with Gasteiger partial charge in [-0.05, 0) is 17.5 Å². The molecule has 0 heterocycles. The zero-order chi connectivity index (χ0) is 18.1. The first-order chi connectivity index (χ1) is 11.1. The zero-order valence-electron chi connectivity index (χ0n) is 13.4. The monoisotopic (exact) mass is 331 g/mol. The van der Waals surface area contributed by atoms with Gasteiger partial charge in [0.1, 0.15) is 28.6 Å². The molecule has 126 valence electrons. The molecule has 0 aromatic heterocycles. The number of phenolic OH excluding ortho intramolecular Hbond substituents is 3. The molecule has 0 fully saturated rings. The molecule has 2 aromatic rings. The molecule has 2 rings (SSSR count). The molecule has 0 aliphatic heterocycles. The number of azo groups is 1. The standard InChI is InChI=1S/C16H17N3O5/c1-16(2,3)10-7-12(15(22)8-13(10)20)18-17-11-5-4-9(19(23)24)6-14(11)21/h4-8,20-22H,1-3H3. The Morgan fingerprint density at radius 1 is 0.917 bits per heavy atom. The van der Waals surface area contributed by atoms with E-state index in [1.54, 1.807) is 0 Å². The lowest BCUT2D eigenvalue weighted by Gasteiger charge is -2.20. The van der Waals surface area contributed by atoms with Crippen molar-refractivity contribution >= 4 is 17.1 Å². The Morgan fingerprint density at radius 3 is 2.04 bits per heavy atom. The van der Waals surface area contributed by atoms with Crippen LogP contribution in [0.1, 0.15) is 26.3 Å². The second kappa shape index (κ2) is 6.15. The van der Waals surface area contributed by atoms with Gasteiger partial charge in [0.05, 0.1) is 11.0 Å². The van der Waals surface area contributed by atoms with Crippen molar-refractivity contribution in [1.29, 1.82) is 0 Å². The third-order valence-corrected chi connectivity index (χ3v) is 3.34. The fourth-order valence-corrected chi connectivity index (χ4v) is 2.06. The highest BCUT2D eigenvalue weighted by atomic mass is 16.6. The van der Waals surface area contributed by atoms with Gasteiger partial charge in [0.25, 0.3) is 5.69 Å². The summed E-state index contributed by atoms with van der Waals surface area (Å²) in [5.41, 5.74) is 0.0503. The van der Waals surface area contributed by atoms with Gasteiger partial charge in [-0.15, -0.1) is 10.2 Å². The Balaban J connectivity index is 2.41. The number of nitro groups is 1. The second-order valence-electron chi connectivity index (χ2n) is 6.24. The summed E-state index contributed by atoms with van der Waals surface area (Å²) < 4.78 is 0. The molecule has 0 bridgehead atoms. The van der Waals surface area contributed by atoms with Crippen molar-refractivity contribution in [2.24, 2.45) is 10.2 Å². The molecular weight excluding hydrogens is 314 g/mol. The molecule has 0 aliphatic rings. The fraction of sp³-hybridized carbons (Fsp3) is 0.250. The van der Waals surface area contributed by atoms with E-state index in [1.165, 1.54) is 24.3 Å². The van der Waals surface area contributed by atoms with Crippen molar-refractivity contribution in [3.05, 3.63) is 46.0 Å². The van der Waals surface area contributed by atoms with Gasteiger partial charge in [-0.3, -0.25) is 10.1 Å². The van der Waals surface area contributed by atoms with Crippen LogP contribution in [-0.4, -0.2) is 20.2 Å². The second-order valence-corrected chi connectivity index (χ2v) is 6.24. The average molecular weight is 331 g/mol. The molecule has 0 unspecified atom stereocenters. The number of non-ortho nitro benzene ring substituents is 1. The minimum absolute atomic E-state index is 0.0189. The highest BCUT2D eigenvalue weighted by molar-refractivity contribution is 5.60. The number of phenols is 3. The van der Waals surface area contributed by atoms with Crippen LogP contribution in [0, 0.1) is 10.1 Å². The van der Waals surface area contributed by atoms with E-state index < -0.39 is 10.7 Å². The molecule has 0 radical (unpaired) electrons. The maximum atomic E-state index is 10.6. The van der Waals surface area contributed by atoms with E-state index in [-0.39, 0.29) is 34.0 Å². The van der Waals surface area contributed by atoms with Crippen LogP contribution in [-0.2, 0) is 5.41 Å². The largest absolute Gasteiger partial charge is 0.508 e. The van der Waals surface area contributed by atoms with Crippen LogP contribution in [0.3, 0.4) is 0 Å². The Bertz CT molecular complexity index is 825. The molecule has 2 aromatic carbocycles. The topological polar surface area (TPSA) is 129 Å². The van der Waals surface area contributed by atoms with Crippen molar-refractivity contribution in [1.82, 2.24) is 0 Å². The average Bonchev–Trinajstić information content (AvgIpc) is 2.45. The number of benzene rings is 2. The maximum absolute atomic E-state index is 10.6. The molecule has 0 amide bonds. The molecule has 3 N–H and O–H groups in total. The summed E-state index contributed by atoms with van der Waals surface area (Å²) in [6, 6.07) is 6.07. The Morgan fingerprint density at radius 2 is 1.50 bits per heavy atom. The van der Waals surface area contributed by atoms with Gasteiger partial charge in [0.2, 0.25) is 0 Å². The normalized spacial score (nSPS) is 11.8. The van der Waals surface area contributed by atoms with E-state index >= 15 is 0 Å². The first kappa shape index (κ1) is 17.2. The molecule has 0 spiro atoms.